The molecule has 1 aromatic rings. The summed E-state index contributed by atoms with van der Waals surface area (Å²) >= 11 is 0. The highest BCUT2D eigenvalue weighted by Gasteiger charge is 2.40. The number of carboxylic acid groups (broad SMARTS) is 1. The maximum absolute atomic E-state index is 12.2. The van der Waals surface area contributed by atoms with Crippen LogP contribution in [0.3, 0.4) is 0 Å². The quantitative estimate of drug-likeness (QED) is 0.839. The minimum absolute atomic E-state index is 0.0307. The number of sulfone groups is 1. The molecular formula is C16H21NO5S. The van der Waals surface area contributed by atoms with Crippen LogP contribution in [0.5, 0.6) is 0 Å². The van der Waals surface area contributed by atoms with Crippen molar-refractivity contribution in [3.05, 3.63) is 35.9 Å². The molecule has 2 atom stereocenters. The summed E-state index contributed by atoms with van der Waals surface area (Å²) in [5.41, 5.74) is 0.853. The van der Waals surface area contributed by atoms with Crippen LogP contribution in [0.25, 0.3) is 0 Å². The zero-order valence-corrected chi connectivity index (χ0v) is 13.8. The Hall–Kier alpha value is -1.89. The van der Waals surface area contributed by atoms with E-state index in [0.717, 1.165) is 5.56 Å². The monoisotopic (exact) mass is 339 g/mol. The number of carbonyl (C=O) groups excluding carboxylic acids is 1. The molecule has 1 amide bonds. The fraction of sp³-hybridized carbons (Fsp3) is 0.500. The summed E-state index contributed by atoms with van der Waals surface area (Å²) in [7, 11) is -3.43. The molecule has 0 saturated carbocycles. The summed E-state index contributed by atoms with van der Waals surface area (Å²) in [6, 6.07) is 9.16. The van der Waals surface area contributed by atoms with Crippen LogP contribution in [0.1, 0.15) is 24.8 Å². The third-order valence-electron chi connectivity index (χ3n) is 4.08. The van der Waals surface area contributed by atoms with Crippen molar-refractivity contribution >= 4 is 21.7 Å². The number of amides is 1. The van der Waals surface area contributed by atoms with E-state index in [4.69, 9.17) is 0 Å². The van der Waals surface area contributed by atoms with Crippen LogP contribution >= 0.6 is 0 Å². The average Bonchev–Trinajstić information content (AvgIpc) is 2.93. The molecule has 1 saturated heterocycles. The molecule has 1 aromatic carbocycles. The van der Waals surface area contributed by atoms with Crippen molar-refractivity contribution in [2.24, 2.45) is 5.92 Å². The fourth-order valence-corrected chi connectivity index (χ4v) is 4.28. The van der Waals surface area contributed by atoms with Gasteiger partial charge >= 0.3 is 5.97 Å². The molecule has 2 unspecified atom stereocenters. The highest BCUT2D eigenvalue weighted by Crippen LogP contribution is 2.33. The van der Waals surface area contributed by atoms with Crippen LogP contribution in [0.2, 0.25) is 0 Å². The molecule has 126 valence electrons. The van der Waals surface area contributed by atoms with Gasteiger partial charge in [-0.3, -0.25) is 9.59 Å². The summed E-state index contributed by atoms with van der Waals surface area (Å²) in [6.07, 6.45) is 0.458. The molecule has 1 heterocycles. The van der Waals surface area contributed by atoms with Crippen molar-refractivity contribution in [1.82, 2.24) is 4.90 Å². The van der Waals surface area contributed by atoms with E-state index in [1.165, 1.54) is 4.90 Å². The van der Waals surface area contributed by atoms with Gasteiger partial charge in [0, 0.05) is 19.0 Å². The van der Waals surface area contributed by atoms with Gasteiger partial charge in [-0.25, -0.2) is 8.42 Å². The van der Waals surface area contributed by atoms with Crippen LogP contribution < -0.4 is 0 Å². The predicted molar refractivity (Wildman–Crippen MR) is 85.8 cm³/mol. The van der Waals surface area contributed by atoms with Gasteiger partial charge in [-0.2, -0.15) is 0 Å². The SMILES string of the molecule is CCCS(=O)(=O)CC(=O)N1CC(C(=O)O)C(c2ccccc2)C1. The lowest BCUT2D eigenvalue weighted by molar-refractivity contribution is -0.141. The minimum Gasteiger partial charge on any atom is -0.481 e. The van der Waals surface area contributed by atoms with E-state index in [9.17, 15) is 23.1 Å². The second-order valence-corrected chi connectivity index (χ2v) is 8.04. The van der Waals surface area contributed by atoms with Gasteiger partial charge in [0.2, 0.25) is 5.91 Å². The maximum atomic E-state index is 12.2. The summed E-state index contributed by atoms with van der Waals surface area (Å²) in [5.74, 6) is -3.08. The second kappa shape index (κ2) is 7.12. The van der Waals surface area contributed by atoms with Gasteiger partial charge in [-0.05, 0) is 12.0 Å². The van der Waals surface area contributed by atoms with Crippen LogP contribution in [0.15, 0.2) is 30.3 Å². The first-order valence-corrected chi connectivity index (χ1v) is 9.42. The highest BCUT2D eigenvalue weighted by molar-refractivity contribution is 7.92. The molecule has 1 fully saturated rings. The third kappa shape index (κ3) is 4.31. The molecule has 0 spiro atoms. The van der Waals surface area contributed by atoms with Crippen LogP contribution in [-0.4, -0.2) is 54.9 Å². The van der Waals surface area contributed by atoms with Crippen molar-refractivity contribution < 1.29 is 23.1 Å². The molecule has 0 aromatic heterocycles. The van der Waals surface area contributed by atoms with Crippen molar-refractivity contribution in [3.8, 4) is 0 Å². The Morgan fingerprint density at radius 2 is 1.87 bits per heavy atom. The summed E-state index contributed by atoms with van der Waals surface area (Å²) < 4.78 is 23.6. The Morgan fingerprint density at radius 3 is 2.43 bits per heavy atom. The van der Waals surface area contributed by atoms with Crippen molar-refractivity contribution in [2.45, 2.75) is 19.3 Å². The first kappa shape index (κ1) is 17.5. The molecule has 1 aliphatic heterocycles. The normalized spacial score (nSPS) is 21.3. The number of likely N-dealkylation sites (tertiary alicyclic amines) is 1. The Labute approximate surface area is 136 Å². The number of aliphatic carboxylic acids is 1. The van der Waals surface area contributed by atoms with Gasteiger partial charge < -0.3 is 10.0 Å². The van der Waals surface area contributed by atoms with Gasteiger partial charge in [-0.1, -0.05) is 37.3 Å². The Bertz CT molecular complexity index is 671. The molecule has 7 heteroatoms. The van der Waals surface area contributed by atoms with E-state index in [-0.39, 0.29) is 24.8 Å². The number of benzene rings is 1. The van der Waals surface area contributed by atoms with Gasteiger partial charge in [-0.15, -0.1) is 0 Å². The molecule has 1 aliphatic rings. The average molecular weight is 339 g/mol. The fourth-order valence-electron chi connectivity index (χ4n) is 2.96. The Balaban J connectivity index is 2.14. The van der Waals surface area contributed by atoms with Crippen LogP contribution in [-0.2, 0) is 19.4 Å². The predicted octanol–water partition coefficient (Wildman–Crippen LogP) is 1.14. The molecule has 0 radical (unpaired) electrons. The summed E-state index contributed by atoms with van der Waals surface area (Å²) in [5, 5.41) is 9.41. The number of hydrogen-bond donors (Lipinski definition) is 1. The number of nitrogens with zero attached hydrogens (tertiary/aromatic N) is 1. The molecule has 23 heavy (non-hydrogen) atoms. The standard InChI is InChI=1S/C16H21NO5S/c1-2-8-23(21,22)11-15(18)17-9-13(14(10-17)16(19)20)12-6-4-3-5-7-12/h3-7,13-14H,2,8-11H2,1H3,(H,19,20). The lowest BCUT2D eigenvalue weighted by Gasteiger charge is -2.16. The molecule has 2 rings (SSSR count). The first-order chi connectivity index (χ1) is 10.8. The van der Waals surface area contributed by atoms with Gasteiger partial charge in [0.05, 0.1) is 11.7 Å². The summed E-state index contributed by atoms with van der Waals surface area (Å²) in [4.78, 5) is 25.1. The lowest BCUT2D eigenvalue weighted by Crippen LogP contribution is -2.35. The highest BCUT2D eigenvalue weighted by atomic mass is 32.2. The number of hydrogen-bond acceptors (Lipinski definition) is 4. The zero-order chi connectivity index (χ0) is 17.0. The van der Waals surface area contributed by atoms with Gasteiger partial charge in [0.1, 0.15) is 5.75 Å². The summed E-state index contributed by atoms with van der Waals surface area (Å²) in [6.45, 7) is 2.03. The molecule has 1 N–H and O–H groups in total. The van der Waals surface area contributed by atoms with Gasteiger partial charge in [0.25, 0.3) is 0 Å². The molecular weight excluding hydrogens is 318 g/mol. The van der Waals surface area contributed by atoms with Crippen LogP contribution in [0, 0.1) is 5.92 Å². The first-order valence-electron chi connectivity index (χ1n) is 7.60. The van der Waals surface area contributed by atoms with Crippen molar-refractivity contribution in [3.63, 3.8) is 0 Å². The van der Waals surface area contributed by atoms with E-state index < -0.39 is 33.4 Å². The maximum Gasteiger partial charge on any atom is 0.308 e. The van der Waals surface area contributed by atoms with Crippen molar-refractivity contribution in [1.29, 1.82) is 0 Å². The van der Waals surface area contributed by atoms with Crippen LogP contribution in [0.4, 0.5) is 0 Å². The van der Waals surface area contributed by atoms with E-state index in [2.05, 4.69) is 0 Å². The zero-order valence-electron chi connectivity index (χ0n) is 13.0. The molecule has 0 bridgehead atoms. The van der Waals surface area contributed by atoms with E-state index in [0.29, 0.717) is 6.42 Å². The third-order valence-corrected chi connectivity index (χ3v) is 5.79. The van der Waals surface area contributed by atoms with Gasteiger partial charge in [0.15, 0.2) is 9.84 Å². The minimum atomic E-state index is -3.43. The topological polar surface area (TPSA) is 91.8 Å². The Kier molecular flexibility index (Phi) is 5.41. The van der Waals surface area contributed by atoms with E-state index in [1.54, 1.807) is 6.92 Å². The largest absolute Gasteiger partial charge is 0.481 e. The van der Waals surface area contributed by atoms with Crippen molar-refractivity contribution in [2.75, 3.05) is 24.6 Å². The molecule has 0 aliphatic carbocycles. The van der Waals surface area contributed by atoms with E-state index >= 15 is 0 Å². The number of rotatable bonds is 6. The Morgan fingerprint density at radius 1 is 1.22 bits per heavy atom. The second-order valence-electron chi connectivity index (χ2n) is 5.85. The molecule has 6 nitrogen and oxygen atoms in total. The number of carboxylic acids is 1. The lowest BCUT2D eigenvalue weighted by atomic mass is 9.89. The smallest absolute Gasteiger partial charge is 0.308 e. The number of carbonyl (C=O) groups is 2. The van der Waals surface area contributed by atoms with E-state index in [1.807, 2.05) is 30.3 Å².